The van der Waals surface area contributed by atoms with Crippen molar-refractivity contribution in [3.8, 4) is 11.3 Å². The Hall–Kier alpha value is -2.37. The zero-order chi connectivity index (χ0) is 15.7. The molecule has 1 saturated heterocycles. The number of nitrogens with zero attached hydrogens (tertiary/aromatic N) is 4. The quantitative estimate of drug-likeness (QED) is 0.925. The molecule has 6 heteroatoms. The van der Waals surface area contributed by atoms with Crippen LogP contribution in [0.15, 0.2) is 36.5 Å². The largest absolute Gasteiger partial charge is 0.333 e. The predicted octanol–water partition coefficient (Wildman–Crippen LogP) is 2.31. The number of aromatic nitrogens is 3. The first-order valence-electron chi connectivity index (χ1n) is 7.47. The molecule has 22 heavy (non-hydrogen) atoms. The molecule has 1 aliphatic heterocycles. The third-order valence-electron chi connectivity index (χ3n) is 3.59. The second kappa shape index (κ2) is 5.44. The van der Waals surface area contributed by atoms with Crippen molar-refractivity contribution in [2.75, 3.05) is 13.1 Å². The van der Waals surface area contributed by atoms with Gasteiger partial charge in [-0.15, -0.1) is 5.10 Å². The number of likely N-dealkylation sites (tertiary alicyclic amines) is 1. The third-order valence-corrected chi connectivity index (χ3v) is 3.59. The Bertz CT molecular complexity index is 653. The number of hydrogen-bond acceptors (Lipinski definition) is 3. The maximum atomic E-state index is 12.0. The second-order valence-corrected chi connectivity index (χ2v) is 6.69. The molecule has 0 saturated carbocycles. The number of carbonyl (C=O) groups is 1. The highest BCUT2D eigenvalue weighted by atomic mass is 16.2. The standard InChI is InChI=1S/C16H21N5O/c1-16(2,3)17-15(22)20-9-13(10-20)21-11-14(18-19-21)12-7-5-4-6-8-12/h4-8,11,13H,9-10H2,1-3H3,(H,17,22). The zero-order valence-corrected chi connectivity index (χ0v) is 13.2. The van der Waals surface area contributed by atoms with Crippen LogP contribution in [0.2, 0.25) is 0 Å². The van der Waals surface area contributed by atoms with Crippen molar-refractivity contribution in [1.82, 2.24) is 25.2 Å². The second-order valence-electron chi connectivity index (χ2n) is 6.69. The summed E-state index contributed by atoms with van der Waals surface area (Å²) in [4.78, 5) is 13.8. The lowest BCUT2D eigenvalue weighted by Crippen LogP contribution is -2.57. The van der Waals surface area contributed by atoms with Gasteiger partial charge in [0.2, 0.25) is 0 Å². The van der Waals surface area contributed by atoms with E-state index in [2.05, 4.69) is 15.6 Å². The van der Waals surface area contributed by atoms with Crippen molar-refractivity contribution in [3.63, 3.8) is 0 Å². The minimum absolute atomic E-state index is 0.0212. The van der Waals surface area contributed by atoms with Crippen LogP contribution in [-0.2, 0) is 0 Å². The zero-order valence-electron chi connectivity index (χ0n) is 13.2. The van der Waals surface area contributed by atoms with Gasteiger partial charge in [0.15, 0.2) is 0 Å². The van der Waals surface area contributed by atoms with Gasteiger partial charge in [0.25, 0.3) is 0 Å². The Morgan fingerprint density at radius 2 is 1.91 bits per heavy atom. The minimum Gasteiger partial charge on any atom is -0.333 e. The highest BCUT2D eigenvalue weighted by molar-refractivity contribution is 5.75. The van der Waals surface area contributed by atoms with Gasteiger partial charge in [-0.25, -0.2) is 9.48 Å². The van der Waals surface area contributed by atoms with E-state index in [1.54, 1.807) is 4.90 Å². The van der Waals surface area contributed by atoms with Gasteiger partial charge in [-0.1, -0.05) is 35.5 Å². The molecule has 0 spiro atoms. The number of urea groups is 1. The number of rotatable bonds is 2. The summed E-state index contributed by atoms with van der Waals surface area (Å²) >= 11 is 0. The summed E-state index contributed by atoms with van der Waals surface area (Å²) in [5.74, 6) is 0. The first-order valence-corrected chi connectivity index (χ1v) is 7.47. The van der Waals surface area contributed by atoms with Crippen LogP contribution in [0, 0.1) is 0 Å². The Balaban J connectivity index is 1.60. The third kappa shape index (κ3) is 3.10. The van der Waals surface area contributed by atoms with E-state index in [1.807, 2.05) is 62.0 Å². The summed E-state index contributed by atoms with van der Waals surface area (Å²) in [7, 11) is 0. The van der Waals surface area contributed by atoms with Crippen molar-refractivity contribution in [2.45, 2.75) is 32.4 Å². The monoisotopic (exact) mass is 299 g/mol. The van der Waals surface area contributed by atoms with E-state index < -0.39 is 0 Å². The molecule has 0 unspecified atom stereocenters. The first kappa shape index (κ1) is 14.6. The van der Waals surface area contributed by atoms with E-state index in [1.165, 1.54) is 0 Å². The van der Waals surface area contributed by atoms with Gasteiger partial charge >= 0.3 is 6.03 Å². The molecule has 0 radical (unpaired) electrons. The molecule has 2 amide bonds. The van der Waals surface area contributed by atoms with Gasteiger partial charge in [-0.3, -0.25) is 0 Å². The average molecular weight is 299 g/mol. The molecule has 6 nitrogen and oxygen atoms in total. The molecule has 3 rings (SSSR count). The highest BCUT2D eigenvalue weighted by Crippen LogP contribution is 2.23. The average Bonchev–Trinajstić information content (AvgIpc) is 2.85. The van der Waals surface area contributed by atoms with Crippen molar-refractivity contribution in [1.29, 1.82) is 0 Å². The highest BCUT2D eigenvalue weighted by Gasteiger charge is 2.34. The maximum absolute atomic E-state index is 12.0. The van der Waals surface area contributed by atoms with E-state index in [0.29, 0.717) is 13.1 Å². The fraction of sp³-hybridized carbons (Fsp3) is 0.438. The molecule has 1 aliphatic rings. The van der Waals surface area contributed by atoms with Crippen molar-refractivity contribution < 1.29 is 4.79 Å². The van der Waals surface area contributed by atoms with E-state index in [4.69, 9.17) is 0 Å². The summed E-state index contributed by atoms with van der Waals surface area (Å²) < 4.78 is 1.85. The summed E-state index contributed by atoms with van der Waals surface area (Å²) in [6.45, 7) is 7.27. The van der Waals surface area contributed by atoms with Gasteiger partial charge in [-0.05, 0) is 20.8 Å². The van der Waals surface area contributed by atoms with E-state index >= 15 is 0 Å². The van der Waals surface area contributed by atoms with Gasteiger partial charge in [0.1, 0.15) is 5.69 Å². The Labute approximate surface area is 130 Å². The van der Waals surface area contributed by atoms with E-state index in [9.17, 15) is 4.79 Å². The number of carbonyl (C=O) groups excluding carboxylic acids is 1. The van der Waals surface area contributed by atoms with E-state index in [-0.39, 0.29) is 17.6 Å². The lowest BCUT2D eigenvalue weighted by molar-refractivity contribution is 0.112. The minimum atomic E-state index is -0.212. The van der Waals surface area contributed by atoms with Gasteiger partial charge in [-0.2, -0.15) is 0 Å². The molecule has 0 atom stereocenters. The molecular formula is C16H21N5O. The molecule has 1 aromatic heterocycles. The van der Waals surface area contributed by atoms with Crippen molar-refractivity contribution in [3.05, 3.63) is 36.5 Å². The molecule has 116 valence electrons. The summed E-state index contributed by atoms with van der Waals surface area (Å²) in [5, 5.41) is 11.4. The number of benzene rings is 1. The molecule has 1 aromatic carbocycles. The molecule has 1 N–H and O–H groups in total. The number of nitrogens with one attached hydrogen (secondary N) is 1. The SMILES string of the molecule is CC(C)(C)NC(=O)N1CC(n2cc(-c3ccccc3)nn2)C1. The topological polar surface area (TPSA) is 63.1 Å². The Morgan fingerprint density at radius 1 is 1.23 bits per heavy atom. The number of hydrogen-bond donors (Lipinski definition) is 1. The fourth-order valence-electron chi connectivity index (χ4n) is 2.38. The molecule has 0 bridgehead atoms. The summed E-state index contributed by atoms with van der Waals surface area (Å²) in [6, 6.07) is 10.1. The lowest BCUT2D eigenvalue weighted by Gasteiger charge is -2.40. The molecule has 2 heterocycles. The van der Waals surface area contributed by atoms with Crippen LogP contribution in [0.3, 0.4) is 0 Å². The lowest BCUT2D eigenvalue weighted by atomic mass is 10.1. The maximum Gasteiger partial charge on any atom is 0.317 e. The molecular weight excluding hydrogens is 278 g/mol. The molecule has 1 fully saturated rings. The van der Waals surface area contributed by atoms with Crippen LogP contribution in [0.5, 0.6) is 0 Å². The Kier molecular flexibility index (Phi) is 3.60. The van der Waals surface area contributed by atoms with Crippen molar-refractivity contribution >= 4 is 6.03 Å². The van der Waals surface area contributed by atoms with Crippen LogP contribution in [0.25, 0.3) is 11.3 Å². The Morgan fingerprint density at radius 3 is 2.55 bits per heavy atom. The predicted molar refractivity (Wildman–Crippen MR) is 84.4 cm³/mol. The fourth-order valence-corrected chi connectivity index (χ4v) is 2.38. The molecule has 0 aliphatic carbocycles. The normalized spacial score (nSPS) is 15.5. The van der Waals surface area contributed by atoms with Crippen LogP contribution in [0.1, 0.15) is 26.8 Å². The van der Waals surface area contributed by atoms with Crippen LogP contribution in [0.4, 0.5) is 4.79 Å². The smallest absolute Gasteiger partial charge is 0.317 e. The molecule has 2 aromatic rings. The van der Waals surface area contributed by atoms with Crippen LogP contribution in [-0.4, -0.2) is 44.6 Å². The first-order chi connectivity index (χ1) is 10.4. The summed E-state index contributed by atoms with van der Waals surface area (Å²) in [5.41, 5.74) is 1.70. The van der Waals surface area contributed by atoms with Gasteiger partial charge < -0.3 is 10.2 Å². The van der Waals surface area contributed by atoms with Gasteiger partial charge in [0, 0.05) is 24.2 Å². The van der Waals surface area contributed by atoms with Crippen molar-refractivity contribution in [2.24, 2.45) is 0 Å². The number of amides is 2. The summed E-state index contributed by atoms with van der Waals surface area (Å²) in [6.07, 6.45) is 1.94. The van der Waals surface area contributed by atoms with E-state index in [0.717, 1.165) is 11.3 Å². The van der Waals surface area contributed by atoms with Gasteiger partial charge in [0.05, 0.1) is 12.2 Å². The van der Waals surface area contributed by atoms with Crippen LogP contribution < -0.4 is 5.32 Å². The van der Waals surface area contributed by atoms with Crippen LogP contribution >= 0.6 is 0 Å².